The molecule has 1 aromatic heterocycles. The molecule has 0 saturated carbocycles. The fourth-order valence-corrected chi connectivity index (χ4v) is 4.63. The van der Waals surface area contributed by atoms with E-state index in [0.29, 0.717) is 29.1 Å². The Morgan fingerprint density at radius 1 is 0.857 bits per heavy atom. The Morgan fingerprint density at radius 3 is 2.07 bits per heavy atom. The molecule has 3 rings (SSSR count). The number of halogens is 3. The lowest BCUT2D eigenvalue weighted by Gasteiger charge is -2.21. The van der Waals surface area contributed by atoms with E-state index < -0.39 is 30.1 Å². The van der Waals surface area contributed by atoms with Crippen molar-refractivity contribution in [2.45, 2.75) is 110 Å². The zero-order valence-corrected chi connectivity index (χ0v) is 25.1. The van der Waals surface area contributed by atoms with Crippen molar-refractivity contribution in [1.29, 1.82) is 0 Å². The van der Waals surface area contributed by atoms with E-state index in [4.69, 9.17) is 9.47 Å². The summed E-state index contributed by atoms with van der Waals surface area (Å²) in [5.41, 5.74) is -0.00215. The molecular weight excluding hydrogens is 541 g/mol. The summed E-state index contributed by atoms with van der Waals surface area (Å²) < 4.78 is 53.5. The van der Waals surface area contributed by atoms with Crippen molar-refractivity contribution in [1.82, 2.24) is 9.97 Å². The Balaban J connectivity index is 1.56. The summed E-state index contributed by atoms with van der Waals surface area (Å²) in [7, 11) is 0. The van der Waals surface area contributed by atoms with E-state index >= 15 is 4.39 Å². The summed E-state index contributed by atoms with van der Waals surface area (Å²) in [6.07, 6.45) is 7.68. The van der Waals surface area contributed by atoms with Gasteiger partial charge in [-0.15, -0.1) is 0 Å². The standard InChI is InChI=1S/C34H43F3N2O3/c1-5-6-7-8-9-10-11-14-21-34(4,37)33(40)42-28-19-17-26(18-20-28)27-22-38-32(39-23-27)29-15-12-13-16-30(29)41-25(3)31(36)24(2)35/h12-13,15-20,22-25,31H,5-11,14,21H2,1-4H3. The van der Waals surface area contributed by atoms with E-state index in [1.54, 1.807) is 60.9 Å². The number of benzene rings is 2. The summed E-state index contributed by atoms with van der Waals surface area (Å²) in [5, 5.41) is 0. The van der Waals surface area contributed by atoms with E-state index in [2.05, 4.69) is 16.9 Å². The lowest BCUT2D eigenvalue weighted by Crippen LogP contribution is -2.34. The fourth-order valence-electron chi connectivity index (χ4n) is 4.63. The molecule has 3 aromatic rings. The average molecular weight is 585 g/mol. The molecular formula is C34H43F3N2O3. The van der Waals surface area contributed by atoms with Crippen LogP contribution in [0, 0.1) is 0 Å². The first-order valence-corrected chi connectivity index (χ1v) is 15.0. The van der Waals surface area contributed by atoms with Gasteiger partial charge in [-0.2, -0.15) is 0 Å². The van der Waals surface area contributed by atoms with Gasteiger partial charge in [0.25, 0.3) is 0 Å². The molecule has 228 valence electrons. The molecule has 2 aromatic carbocycles. The lowest BCUT2D eigenvalue weighted by atomic mass is 9.99. The smallest absolute Gasteiger partial charge is 0.348 e. The molecule has 0 spiro atoms. The molecule has 0 aliphatic rings. The number of para-hydroxylation sites is 1. The van der Waals surface area contributed by atoms with E-state index in [1.807, 2.05) is 0 Å². The Hall–Kier alpha value is -3.42. The number of esters is 1. The van der Waals surface area contributed by atoms with Gasteiger partial charge in [-0.05, 0) is 63.4 Å². The summed E-state index contributed by atoms with van der Waals surface area (Å²) in [4.78, 5) is 21.4. The number of unbranched alkanes of at least 4 members (excludes halogenated alkanes) is 7. The third kappa shape index (κ3) is 9.85. The number of rotatable bonds is 17. The molecule has 0 saturated heterocycles. The maximum atomic E-state index is 15.0. The van der Waals surface area contributed by atoms with Crippen LogP contribution in [0.25, 0.3) is 22.5 Å². The predicted octanol–water partition coefficient (Wildman–Crippen LogP) is 9.44. The van der Waals surface area contributed by atoms with Crippen LogP contribution in [0.2, 0.25) is 0 Å². The van der Waals surface area contributed by atoms with Crippen LogP contribution in [0.3, 0.4) is 0 Å². The highest BCUT2D eigenvalue weighted by atomic mass is 19.2. The highest BCUT2D eigenvalue weighted by molar-refractivity contribution is 5.81. The molecule has 4 unspecified atom stereocenters. The van der Waals surface area contributed by atoms with Gasteiger partial charge in [0.1, 0.15) is 23.8 Å². The monoisotopic (exact) mass is 584 g/mol. The van der Waals surface area contributed by atoms with Crippen molar-refractivity contribution in [3.63, 3.8) is 0 Å². The number of nitrogens with zero attached hydrogens (tertiary/aromatic N) is 2. The van der Waals surface area contributed by atoms with Gasteiger partial charge in [0, 0.05) is 18.0 Å². The van der Waals surface area contributed by atoms with Crippen LogP contribution < -0.4 is 9.47 Å². The maximum Gasteiger partial charge on any atom is 0.348 e. The Labute approximate surface area is 247 Å². The van der Waals surface area contributed by atoms with Crippen molar-refractivity contribution < 1.29 is 27.4 Å². The minimum atomic E-state index is -2.04. The number of hydrogen-bond donors (Lipinski definition) is 0. The average Bonchev–Trinajstić information content (AvgIpc) is 2.98. The molecule has 0 aliphatic carbocycles. The molecule has 1 heterocycles. The first-order valence-electron chi connectivity index (χ1n) is 15.0. The third-order valence-corrected chi connectivity index (χ3v) is 7.30. The topological polar surface area (TPSA) is 61.3 Å². The highest BCUT2D eigenvalue weighted by Gasteiger charge is 2.34. The molecule has 8 heteroatoms. The summed E-state index contributed by atoms with van der Waals surface area (Å²) in [6, 6.07) is 13.6. The highest BCUT2D eigenvalue weighted by Crippen LogP contribution is 2.31. The first kappa shape index (κ1) is 33.1. The lowest BCUT2D eigenvalue weighted by molar-refractivity contribution is -0.147. The normalized spacial score (nSPS) is 14.9. The number of ether oxygens (including phenoxy) is 2. The van der Waals surface area contributed by atoms with Crippen molar-refractivity contribution in [3.05, 3.63) is 60.9 Å². The molecule has 0 bridgehead atoms. The Bertz CT molecular complexity index is 1230. The van der Waals surface area contributed by atoms with Gasteiger partial charge >= 0.3 is 5.97 Å². The summed E-state index contributed by atoms with van der Waals surface area (Å²) in [6.45, 7) is 6.11. The van der Waals surface area contributed by atoms with Gasteiger partial charge in [-0.3, -0.25) is 0 Å². The van der Waals surface area contributed by atoms with Gasteiger partial charge < -0.3 is 9.47 Å². The van der Waals surface area contributed by atoms with Gasteiger partial charge in [0.15, 0.2) is 12.0 Å². The molecule has 0 aliphatic heterocycles. The number of aromatic nitrogens is 2. The second kappa shape index (κ2) is 16.3. The first-order chi connectivity index (χ1) is 20.1. The van der Waals surface area contributed by atoms with Crippen LogP contribution in [-0.2, 0) is 4.79 Å². The minimum absolute atomic E-state index is 0.138. The number of hydrogen-bond acceptors (Lipinski definition) is 5. The second-order valence-corrected chi connectivity index (χ2v) is 11.1. The Morgan fingerprint density at radius 2 is 1.45 bits per heavy atom. The zero-order chi connectivity index (χ0) is 30.5. The van der Waals surface area contributed by atoms with Crippen LogP contribution >= 0.6 is 0 Å². The zero-order valence-electron chi connectivity index (χ0n) is 25.1. The second-order valence-electron chi connectivity index (χ2n) is 11.1. The summed E-state index contributed by atoms with van der Waals surface area (Å²) in [5.74, 6) is 0.0974. The molecule has 42 heavy (non-hydrogen) atoms. The van der Waals surface area contributed by atoms with Crippen LogP contribution in [0.4, 0.5) is 13.2 Å². The van der Waals surface area contributed by atoms with E-state index in [0.717, 1.165) is 31.7 Å². The molecule has 0 amide bonds. The van der Waals surface area contributed by atoms with Crippen LogP contribution in [0.5, 0.6) is 11.5 Å². The van der Waals surface area contributed by atoms with Crippen LogP contribution in [0.15, 0.2) is 60.9 Å². The fraction of sp³-hybridized carbons (Fsp3) is 0.500. The molecule has 0 fully saturated rings. The van der Waals surface area contributed by atoms with Crippen molar-refractivity contribution in [2.75, 3.05) is 0 Å². The minimum Gasteiger partial charge on any atom is -0.487 e. The van der Waals surface area contributed by atoms with E-state index in [9.17, 15) is 13.6 Å². The van der Waals surface area contributed by atoms with Gasteiger partial charge in [-0.25, -0.2) is 27.9 Å². The summed E-state index contributed by atoms with van der Waals surface area (Å²) >= 11 is 0. The van der Waals surface area contributed by atoms with Crippen LogP contribution in [-0.4, -0.2) is 40.1 Å². The molecule has 4 atom stereocenters. The predicted molar refractivity (Wildman–Crippen MR) is 161 cm³/mol. The SMILES string of the molecule is CCCCCCCCCCC(C)(F)C(=O)Oc1ccc(-c2cnc(-c3ccccc3OC(C)C(F)C(C)F)nc2)cc1. The van der Waals surface area contributed by atoms with Gasteiger partial charge in [0.05, 0.1) is 5.56 Å². The molecule has 5 nitrogen and oxygen atoms in total. The molecule has 0 N–H and O–H groups in total. The van der Waals surface area contributed by atoms with Crippen molar-refractivity contribution in [3.8, 4) is 34.0 Å². The van der Waals surface area contributed by atoms with Gasteiger partial charge in [-0.1, -0.05) is 76.1 Å². The van der Waals surface area contributed by atoms with Gasteiger partial charge in [0.2, 0.25) is 5.67 Å². The van der Waals surface area contributed by atoms with Crippen LogP contribution in [0.1, 0.15) is 85.5 Å². The van der Waals surface area contributed by atoms with E-state index in [1.165, 1.54) is 39.5 Å². The quantitative estimate of drug-likeness (QED) is 0.0898. The molecule has 0 radical (unpaired) electrons. The maximum absolute atomic E-state index is 15.0. The Kier molecular flexibility index (Phi) is 12.8. The van der Waals surface area contributed by atoms with Crippen molar-refractivity contribution >= 4 is 5.97 Å². The number of alkyl halides is 3. The largest absolute Gasteiger partial charge is 0.487 e. The number of carbonyl (C=O) groups excluding carboxylic acids is 1. The number of carbonyl (C=O) groups is 1. The third-order valence-electron chi connectivity index (χ3n) is 7.30. The van der Waals surface area contributed by atoms with Crippen molar-refractivity contribution in [2.24, 2.45) is 0 Å². The van der Waals surface area contributed by atoms with E-state index in [-0.39, 0.29) is 12.2 Å².